The number of rotatable bonds is 7. The molecule has 0 unspecified atom stereocenters. The highest BCUT2D eigenvalue weighted by Gasteiger charge is 2.54. The van der Waals surface area contributed by atoms with Crippen LogP contribution in [-0.2, 0) is 11.3 Å². The molecule has 0 atom stereocenters. The van der Waals surface area contributed by atoms with E-state index in [1.807, 2.05) is 23.1 Å². The van der Waals surface area contributed by atoms with Crippen LogP contribution in [0.2, 0.25) is 0 Å². The summed E-state index contributed by atoms with van der Waals surface area (Å²) in [5.41, 5.74) is 0.388. The number of hydrogen-bond donors (Lipinski definition) is 0. The number of amides is 1. The Labute approximate surface area is 171 Å². The van der Waals surface area contributed by atoms with E-state index in [1.54, 1.807) is 24.5 Å². The molecule has 0 N–H and O–H groups in total. The van der Waals surface area contributed by atoms with Crippen molar-refractivity contribution in [3.8, 4) is 5.75 Å². The first-order valence-corrected chi connectivity index (χ1v) is 10.6. The van der Waals surface area contributed by atoms with Gasteiger partial charge in [-0.05, 0) is 80.5 Å². The second kappa shape index (κ2) is 7.36. The third kappa shape index (κ3) is 3.47. The van der Waals surface area contributed by atoms with Gasteiger partial charge in [-0.2, -0.15) is 0 Å². The molecule has 152 valence electrons. The summed E-state index contributed by atoms with van der Waals surface area (Å²) < 4.78 is 11.4. The molecule has 1 aromatic carbocycles. The van der Waals surface area contributed by atoms with Gasteiger partial charge in [-0.25, -0.2) is 0 Å². The fourth-order valence-electron chi connectivity index (χ4n) is 6.40. The lowest BCUT2D eigenvalue weighted by atomic mass is 9.52. The average molecular weight is 393 g/mol. The number of carbonyl (C=O) groups excluding carboxylic acids is 2. The lowest BCUT2D eigenvalue weighted by molar-refractivity contribution is -0.155. The Balaban J connectivity index is 1.39. The summed E-state index contributed by atoms with van der Waals surface area (Å²) in [4.78, 5) is 26.7. The first-order chi connectivity index (χ1) is 14.1. The van der Waals surface area contributed by atoms with Crippen molar-refractivity contribution < 1.29 is 18.7 Å². The van der Waals surface area contributed by atoms with Gasteiger partial charge in [0.05, 0.1) is 18.4 Å². The maximum absolute atomic E-state index is 13.4. The summed E-state index contributed by atoms with van der Waals surface area (Å²) in [7, 11) is 0. The highest BCUT2D eigenvalue weighted by atomic mass is 16.5. The molecular weight excluding hydrogens is 366 g/mol. The number of aldehydes is 1. The van der Waals surface area contributed by atoms with Crippen LogP contribution >= 0.6 is 0 Å². The Kier molecular flexibility index (Phi) is 4.69. The van der Waals surface area contributed by atoms with Gasteiger partial charge in [0.1, 0.15) is 11.5 Å². The highest BCUT2D eigenvalue weighted by molar-refractivity contribution is 5.81. The van der Waals surface area contributed by atoms with Gasteiger partial charge in [-0.1, -0.05) is 12.1 Å². The van der Waals surface area contributed by atoms with Crippen molar-refractivity contribution in [3.63, 3.8) is 0 Å². The van der Waals surface area contributed by atoms with Crippen molar-refractivity contribution in [2.45, 2.75) is 50.6 Å². The van der Waals surface area contributed by atoms with Crippen molar-refractivity contribution in [3.05, 3.63) is 54.0 Å². The standard InChI is InChI=1S/C24H27NO4/c26-15-20-4-1-2-6-22(20)29-16-23(27)25(14-21-5-3-7-28-21)24-11-17-8-18(12-24)10-19(9-17)13-24/h1-7,15,17-19H,8-14,16H2. The molecule has 0 saturated heterocycles. The molecule has 4 fully saturated rings. The van der Waals surface area contributed by atoms with Gasteiger partial charge < -0.3 is 14.1 Å². The molecule has 0 spiro atoms. The third-order valence-electron chi connectivity index (χ3n) is 7.17. The Morgan fingerprint density at radius 1 is 1.07 bits per heavy atom. The monoisotopic (exact) mass is 393 g/mol. The molecular formula is C24H27NO4. The van der Waals surface area contributed by atoms with E-state index in [1.165, 1.54) is 19.3 Å². The van der Waals surface area contributed by atoms with E-state index >= 15 is 0 Å². The molecule has 0 radical (unpaired) electrons. The summed E-state index contributed by atoms with van der Waals surface area (Å²) in [6.45, 7) is 0.421. The molecule has 1 amide bonds. The van der Waals surface area contributed by atoms with E-state index < -0.39 is 0 Å². The first-order valence-electron chi connectivity index (χ1n) is 10.6. The molecule has 1 aromatic heterocycles. The maximum Gasteiger partial charge on any atom is 0.261 e. The van der Waals surface area contributed by atoms with Crippen LogP contribution < -0.4 is 4.74 Å². The van der Waals surface area contributed by atoms with E-state index in [9.17, 15) is 9.59 Å². The molecule has 0 aliphatic heterocycles. The topological polar surface area (TPSA) is 59.8 Å². The van der Waals surface area contributed by atoms with E-state index in [0.717, 1.165) is 49.1 Å². The van der Waals surface area contributed by atoms with Crippen molar-refractivity contribution in [1.82, 2.24) is 4.90 Å². The van der Waals surface area contributed by atoms with Crippen molar-refractivity contribution in [1.29, 1.82) is 0 Å². The Morgan fingerprint density at radius 3 is 2.38 bits per heavy atom. The fraction of sp³-hybridized carbons (Fsp3) is 0.500. The Morgan fingerprint density at radius 2 is 1.76 bits per heavy atom. The summed E-state index contributed by atoms with van der Waals surface area (Å²) >= 11 is 0. The molecule has 6 rings (SSSR count). The second-order valence-corrected chi connectivity index (χ2v) is 9.15. The molecule has 2 aromatic rings. The van der Waals surface area contributed by atoms with Crippen LogP contribution in [0.25, 0.3) is 0 Å². The molecule has 1 heterocycles. The smallest absolute Gasteiger partial charge is 0.261 e. The number of benzene rings is 1. The summed E-state index contributed by atoms with van der Waals surface area (Å²) in [5, 5.41) is 0. The molecule has 4 aliphatic rings. The zero-order valence-electron chi connectivity index (χ0n) is 16.6. The summed E-state index contributed by atoms with van der Waals surface area (Å²) in [6.07, 6.45) is 9.68. The predicted molar refractivity (Wildman–Crippen MR) is 107 cm³/mol. The van der Waals surface area contributed by atoms with Crippen molar-refractivity contribution in [2.24, 2.45) is 17.8 Å². The molecule has 4 bridgehead atoms. The number of para-hydroxylation sites is 1. The van der Waals surface area contributed by atoms with Gasteiger partial charge in [-0.15, -0.1) is 0 Å². The van der Waals surface area contributed by atoms with Gasteiger partial charge in [0.2, 0.25) is 0 Å². The first kappa shape index (κ1) is 18.5. The number of furan rings is 1. The quantitative estimate of drug-likeness (QED) is 0.651. The van der Waals surface area contributed by atoms with Crippen LogP contribution in [0.15, 0.2) is 47.1 Å². The van der Waals surface area contributed by atoms with Crippen LogP contribution in [0, 0.1) is 17.8 Å². The van der Waals surface area contributed by atoms with Crippen molar-refractivity contribution in [2.75, 3.05) is 6.61 Å². The van der Waals surface area contributed by atoms with Crippen LogP contribution in [-0.4, -0.2) is 29.2 Å². The molecule has 5 nitrogen and oxygen atoms in total. The van der Waals surface area contributed by atoms with Crippen LogP contribution in [0.5, 0.6) is 5.75 Å². The van der Waals surface area contributed by atoms with Crippen LogP contribution in [0.4, 0.5) is 0 Å². The van der Waals surface area contributed by atoms with E-state index in [2.05, 4.69) is 0 Å². The van der Waals surface area contributed by atoms with E-state index in [4.69, 9.17) is 9.15 Å². The van der Waals surface area contributed by atoms with E-state index in [-0.39, 0.29) is 18.1 Å². The average Bonchev–Trinajstić information content (AvgIpc) is 3.23. The number of ether oxygens (including phenoxy) is 1. The Hall–Kier alpha value is -2.56. The van der Waals surface area contributed by atoms with Gasteiger partial charge in [0, 0.05) is 5.54 Å². The third-order valence-corrected chi connectivity index (χ3v) is 7.17. The van der Waals surface area contributed by atoms with Gasteiger partial charge in [-0.3, -0.25) is 9.59 Å². The summed E-state index contributed by atoms with van der Waals surface area (Å²) in [5.74, 6) is 3.46. The minimum atomic E-state index is -0.0772. The minimum Gasteiger partial charge on any atom is -0.483 e. The predicted octanol–water partition coefficient (Wildman–Crippen LogP) is 4.47. The highest BCUT2D eigenvalue weighted by Crippen LogP contribution is 2.58. The maximum atomic E-state index is 13.4. The molecule has 4 aliphatic carbocycles. The van der Waals surface area contributed by atoms with Crippen LogP contribution in [0.1, 0.15) is 54.6 Å². The minimum absolute atomic E-state index is 0.0240. The van der Waals surface area contributed by atoms with Gasteiger partial charge in [0.25, 0.3) is 5.91 Å². The van der Waals surface area contributed by atoms with Crippen LogP contribution in [0.3, 0.4) is 0 Å². The second-order valence-electron chi connectivity index (χ2n) is 9.15. The molecule has 29 heavy (non-hydrogen) atoms. The molecule has 5 heteroatoms. The summed E-state index contributed by atoms with van der Waals surface area (Å²) in [6, 6.07) is 10.8. The largest absolute Gasteiger partial charge is 0.483 e. The number of nitrogens with zero attached hydrogens (tertiary/aromatic N) is 1. The molecule has 4 saturated carbocycles. The zero-order chi connectivity index (χ0) is 19.8. The lowest BCUT2D eigenvalue weighted by Crippen LogP contribution is -2.61. The SMILES string of the molecule is O=Cc1ccccc1OCC(=O)N(Cc1ccco1)C12CC3CC(CC(C3)C1)C2. The lowest BCUT2D eigenvalue weighted by Gasteiger charge is -2.60. The fourth-order valence-corrected chi connectivity index (χ4v) is 6.40. The van der Waals surface area contributed by atoms with E-state index in [0.29, 0.717) is 17.9 Å². The van der Waals surface area contributed by atoms with Crippen molar-refractivity contribution >= 4 is 12.2 Å². The normalized spacial score (nSPS) is 29.6. The Bertz CT molecular complexity index is 853. The number of carbonyl (C=O) groups is 2. The zero-order valence-corrected chi connectivity index (χ0v) is 16.6. The number of hydrogen-bond acceptors (Lipinski definition) is 4. The van der Waals surface area contributed by atoms with Gasteiger partial charge >= 0.3 is 0 Å². The van der Waals surface area contributed by atoms with Gasteiger partial charge in [0.15, 0.2) is 12.9 Å².